The summed E-state index contributed by atoms with van der Waals surface area (Å²) in [6, 6.07) is 0. The van der Waals surface area contributed by atoms with Gasteiger partial charge in [-0.25, -0.2) is 0 Å². The highest BCUT2D eigenvalue weighted by Crippen LogP contribution is 2.12. The summed E-state index contributed by atoms with van der Waals surface area (Å²) in [5.74, 6) is 0. The van der Waals surface area contributed by atoms with E-state index in [0.717, 1.165) is 23.4 Å². The molecule has 2 aromatic rings. The van der Waals surface area contributed by atoms with Crippen LogP contribution in [0.25, 0.3) is 0 Å². The minimum atomic E-state index is -0.0190. The van der Waals surface area contributed by atoms with Crippen molar-refractivity contribution >= 4 is 12.2 Å². The first-order valence-corrected chi connectivity index (χ1v) is 5.95. The molecule has 0 fully saturated rings. The Morgan fingerprint density at radius 2 is 2.29 bits per heavy atom. The molecule has 0 bridgehead atoms. The Balaban J connectivity index is 2.37. The van der Waals surface area contributed by atoms with Crippen LogP contribution in [0, 0.1) is 4.77 Å². The summed E-state index contributed by atoms with van der Waals surface area (Å²) in [5.41, 5.74) is 3.00. The number of nitrogens with one attached hydrogen (secondary N) is 1. The molecule has 0 radical (unpaired) electrons. The molecule has 92 valence electrons. The fraction of sp³-hybridized carbons (Fsp3) is 0.455. The molecule has 0 aliphatic carbocycles. The molecule has 0 saturated heterocycles. The van der Waals surface area contributed by atoms with Gasteiger partial charge in [-0.05, 0) is 18.6 Å². The number of hydrogen-bond acceptors (Lipinski definition) is 3. The predicted octanol–water partition coefficient (Wildman–Crippen LogP) is 1.38. The molecular formula is C11H16N4OS. The van der Waals surface area contributed by atoms with Crippen LogP contribution in [0.15, 0.2) is 12.4 Å². The molecular weight excluding hydrogens is 236 g/mol. The quantitative estimate of drug-likeness (QED) is 0.808. The maximum atomic E-state index is 9.23. The zero-order valence-corrected chi connectivity index (χ0v) is 10.8. The van der Waals surface area contributed by atoms with Crippen molar-refractivity contribution in [1.82, 2.24) is 19.3 Å². The first-order valence-electron chi connectivity index (χ1n) is 5.55. The van der Waals surface area contributed by atoms with Crippen molar-refractivity contribution in [2.75, 3.05) is 0 Å². The van der Waals surface area contributed by atoms with Crippen molar-refractivity contribution in [3.8, 4) is 0 Å². The second kappa shape index (κ2) is 4.85. The lowest BCUT2D eigenvalue weighted by molar-refractivity contribution is 0.271. The Kier molecular flexibility index (Phi) is 3.44. The van der Waals surface area contributed by atoms with E-state index in [0.29, 0.717) is 11.3 Å². The first-order chi connectivity index (χ1) is 8.15. The highest BCUT2D eigenvalue weighted by molar-refractivity contribution is 7.71. The summed E-state index contributed by atoms with van der Waals surface area (Å²) < 4.78 is 4.33. The number of nitrogens with zero attached hydrogens (tertiary/aromatic N) is 3. The van der Waals surface area contributed by atoms with Gasteiger partial charge < -0.3 is 14.7 Å². The van der Waals surface area contributed by atoms with Crippen molar-refractivity contribution in [1.29, 1.82) is 0 Å². The van der Waals surface area contributed by atoms with Gasteiger partial charge in [-0.2, -0.15) is 5.10 Å². The average molecular weight is 252 g/mol. The van der Waals surface area contributed by atoms with Crippen LogP contribution in [-0.2, 0) is 26.6 Å². The van der Waals surface area contributed by atoms with Gasteiger partial charge in [-0.15, -0.1) is 0 Å². The van der Waals surface area contributed by atoms with Gasteiger partial charge in [0.2, 0.25) is 0 Å². The summed E-state index contributed by atoms with van der Waals surface area (Å²) in [4.78, 5) is 2.94. The molecule has 0 saturated carbocycles. The molecule has 0 unspecified atom stereocenters. The maximum absolute atomic E-state index is 9.23. The number of aryl methyl sites for hydroxylation is 2. The van der Waals surface area contributed by atoms with Gasteiger partial charge in [0.1, 0.15) is 0 Å². The van der Waals surface area contributed by atoms with E-state index < -0.39 is 0 Å². The lowest BCUT2D eigenvalue weighted by Gasteiger charge is -2.05. The van der Waals surface area contributed by atoms with Crippen LogP contribution >= 0.6 is 12.2 Å². The number of aromatic amines is 1. The van der Waals surface area contributed by atoms with E-state index in [-0.39, 0.29) is 6.61 Å². The third kappa shape index (κ3) is 2.32. The minimum absolute atomic E-state index is 0.0190. The largest absolute Gasteiger partial charge is 0.390 e. The van der Waals surface area contributed by atoms with Crippen molar-refractivity contribution < 1.29 is 5.11 Å². The molecule has 17 heavy (non-hydrogen) atoms. The summed E-state index contributed by atoms with van der Waals surface area (Å²) in [5, 5.41) is 13.6. The smallest absolute Gasteiger partial charge is 0.177 e. The molecule has 0 aromatic carbocycles. The minimum Gasteiger partial charge on any atom is -0.390 e. The molecule has 6 heteroatoms. The Labute approximate surface area is 105 Å². The van der Waals surface area contributed by atoms with Crippen LogP contribution in [0.4, 0.5) is 0 Å². The number of aromatic nitrogens is 4. The van der Waals surface area contributed by atoms with E-state index in [4.69, 9.17) is 12.2 Å². The first kappa shape index (κ1) is 12.1. The standard InChI is InChI=1S/C11H16N4OS/c1-3-10-8(5-14(2)13-10)6-15-9(7-16)4-12-11(15)17/h4-5,16H,3,6-7H2,1-2H3,(H,12,17). The van der Waals surface area contributed by atoms with Crippen LogP contribution in [0.5, 0.6) is 0 Å². The Morgan fingerprint density at radius 3 is 2.94 bits per heavy atom. The molecule has 2 N–H and O–H groups in total. The molecule has 5 nitrogen and oxygen atoms in total. The summed E-state index contributed by atoms with van der Waals surface area (Å²) in [6.45, 7) is 2.71. The van der Waals surface area contributed by atoms with Crippen LogP contribution in [0.1, 0.15) is 23.9 Å². The number of rotatable bonds is 4. The Hall–Kier alpha value is -1.40. The van der Waals surface area contributed by atoms with E-state index in [1.54, 1.807) is 6.20 Å². The molecule has 2 aromatic heterocycles. The Bertz CT molecular complexity index is 566. The van der Waals surface area contributed by atoms with Crippen molar-refractivity contribution in [2.45, 2.75) is 26.5 Å². The molecule has 0 amide bonds. The van der Waals surface area contributed by atoms with Crippen molar-refractivity contribution in [2.24, 2.45) is 7.05 Å². The molecule has 0 aliphatic heterocycles. The normalized spacial score (nSPS) is 11.0. The maximum Gasteiger partial charge on any atom is 0.177 e. The molecule has 0 aliphatic rings. The Morgan fingerprint density at radius 1 is 1.53 bits per heavy atom. The van der Waals surface area contributed by atoms with Gasteiger partial charge in [0.15, 0.2) is 4.77 Å². The number of aliphatic hydroxyl groups is 1. The number of hydrogen-bond donors (Lipinski definition) is 2. The lowest BCUT2D eigenvalue weighted by Crippen LogP contribution is -2.05. The van der Waals surface area contributed by atoms with Gasteiger partial charge in [-0.1, -0.05) is 6.92 Å². The van der Waals surface area contributed by atoms with Gasteiger partial charge in [0.25, 0.3) is 0 Å². The van der Waals surface area contributed by atoms with E-state index in [9.17, 15) is 5.11 Å². The second-order valence-corrected chi connectivity index (χ2v) is 4.34. The summed E-state index contributed by atoms with van der Waals surface area (Å²) >= 11 is 5.19. The summed E-state index contributed by atoms with van der Waals surface area (Å²) in [6.07, 6.45) is 4.63. The fourth-order valence-electron chi connectivity index (χ4n) is 1.92. The molecule has 0 spiro atoms. The molecule has 2 heterocycles. The fourth-order valence-corrected chi connectivity index (χ4v) is 2.16. The van der Waals surface area contributed by atoms with Crippen molar-refractivity contribution in [3.05, 3.63) is 34.1 Å². The zero-order valence-electron chi connectivity index (χ0n) is 9.97. The van der Waals surface area contributed by atoms with E-state index in [1.807, 2.05) is 22.5 Å². The van der Waals surface area contributed by atoms with E-state index >= 15 is 0 Å². The van der Waals surface area contributed by atoms with Gasteiger partial charge in [0, 0.05) is 25.0 Å². The third-order valence-electron chi connectivity index (χ3n) is 2.77. The van der Waals surface area contributed by atoms with Gasteiger partial charge in [-0.3, -0.25) is 4.68 Å². The average Bonchev–Trinajstić information content (AvgIpc) is 2.84. The van der Waals surface area contributed by atoms with Gasteiger partial charge in [0.05, 0.1) is 24.5 Å². The highest BCUT2D eigenvalue weighted by Gasteiger charge is 2.09. The number of H-pyrrole nitrogens is 1. The third-order valence-corrected chi connectivity index (χ3v) is 3.11. The van der Waals surface area contributed by atoms with Crippen LogP contribution < -0.4 is 0 Å². The molecule has 0 atom stereocenters. The topological polar surface area (TPSA) is 58.8 Å². The number of aliphatic hydroxyl groups excluding tert-OH is 1. The second-order valence-electron chi connectivity index (χ2n) is 3.96. The van der Waals surface area contributed by atoms with E-state index in [2.05, 4.69) is 17.0 Å². The zero-order chi connectivity index (χ0) is 12.4. The highest BCUT2D eigenvalue weighted by atomic mass is 32.1. The van der Waals surface area contributed by atoms with Crippen molar-refractivity contribution in [3.63, 3.8) is 0 Å². The molecule has 2 rings (SSSR count). The van der Waals surface area contributed by atoms with Crippen LogP contribution in [-0.4, -0.2) is 24.4 Å². The van der Waals surface area contributed by atoms with Crippen LogP contribution in [0.2, 0.25) is 0 Å². The predicted molar refractivity (Wildman–Crippen MR) is 67.2 cm³/mol. The van der Waals surface area contributed by atoms with Crippen LogP contribution in [0.3, 0.4) is 0 Å². The van der Waals surface area contributed by atoms with Gasteiger partial charge >= 0.3 is 0 Å². The SMILES string of the molecule is CCc1nn(C)cc1Cn1c(CO)c[nH]c1=S. The monoisotopic (exact) mass is 252 g/mol. The number of imidazole rings is 1. The lowest BCUT2D eigenvalue weighted by atomic mass is 10.2. The van der Waals surface area contributed by atoms with E-state index in [1.165, 1.54) is 0 Å². The summed E-state index contributed by atoms with van der Waals surface area (Å²) in [7, 11) is 1.91.